The number of rotatable bonds is 3. The topological polar surface area (TPSA) is 52.3 Å². The van der Waals surface area contributed by atoms with Crippen LogP contribution in [0.1, 0.15) is 24.8 Å². The average Bonchev–Trinajstić information content (AvgIpc) is 2.74. The fraction of sp³-hybridized carbons (Fsp3) is 0.462. The summed E-state index contributed by atoms with van der Waals surface area (Å²) in [5.41, 5.74) is 6.86. The molecule has 92 valence electrons. The molecule has 4 heteroatoms. The monoisotopic (exact) mass is 297 g/mol. The van der Waals surface area contributed by atoms with Gasteiger partial charge in [-0.1, -0.05) is 34.5 Å². The van der Waals surface area contributed by atoms with Gasteiger partial charge in [-0.15, -0.1) is 0 Å². The average molecular weight is 298 g/mol. The number of carbonyl (C=O) groups excluding carboxylic acids is 1. The molecule has 2 atom stereocenters. The Bertz CT molecular complexity index is 391. The molecule has 2 unspecified atom stereocenters. The van der Waals surface area contributed by atoms with Gasteiger partial charge in [-0.25, -0.2) is 0 Å². The SMILES string of the molecule is NC1CCCC1C(=O)OCc1ccc(Br)cc1. The van der Waals surface area contributed by atoms with Gasteiger partial charge < -0.3 is 10.5 Å². The lowest BCUT2D eigenvalue weighted by Gasteiger charge is -2.14. The zero-order valence-corrected chi connectivity index (χ0v) is 11.2. The summed E-state index contributed by atoms with van der Waals surface area (Å²) in [5.74, 6) is -0.261. The Balaban J connectivity index is 1.85. The number of benzene rings is 1. The summed E-state index contributed by atoms with van der Waals surface area (Å²) in [7, 11) is 0. The van der Waals surface area contributed by atoms with Gasteiger partial charge in [0.25, 0.3) is 0 Å². The number of hydrogen-bond donors (Lipinski definition) is 1. The smallest absolute Gasteiger partial charge is 0.310 e. The van der Waals surface area contributed by atoms with E-state index in [0.717, 1.165) is 29.3 Å². The van der Waals surface area contributed by atoms with Crippen LogP contribution in [0.2, 0.25) is 0 Å². The quantitative estimate of drug-likeness (QED) is 0.873. The van der Waals surface area contributed by atoms with E-state index in [0.29, 0.717) is 6.61 Å². The third-order valence-electron chi connectivity index (χ3n) is 3.17. The first-order valence-corrected chi connectivity index (χ1v) is 6.63. The van der Waals surface area contributed by atoms with Crippen LogP contribution in [0.5, 0.6) is 0 Å². The van der Waals surface area contributed by atoms with Crippen molar-refractivity contribution in [1.82, 2.24) is 0 Å². The summed E-state index contributed by atoms with van der Waals surface area (Å²) in [6.45, 7) is 0.329. The van der Waals surface area contributed by atoms with Crippen LogP contribution in [-0.4, -0.2) is 12.0 Å². The highest BCUT2D eigenvalue weighted by Gasteiger charge is 2.31. The molecule has 0 aromatic heterocycles. The molecule has 0 bridgehead atoms. The molecular formula is C13H16BrNO2. The van der Waals surface area contributed by atoms with Gasteiger partial charge >= 0.3 is 5.97 Å². The molecule has 1 fully saturated rings. The Kier molecular flexibility index (Phi) is 4.18. The minimum atomic E-state index is -0.155. The molecule has 0 spiro atoms. The minimum Gasteiger partial charge on any atom is -0.461 e. The van der Waals surface area contributed by atoms with Crippen molar-refractivity contribution in [3.63, 3.8) is 0 Å². The predicted octanol–water partition coefficient (Wildman–Crippen LogP) is 2.62. The first-order chi connectivity index (χ1) is 8.16. The van der Waals surface area contributed by atoms with Gasteiger partial charge in [-0.3, -0.25) is 4.79 Å². The summed E-state index contributed by atoms with van der Waals surface area (Å²) in [6.07, 6.45) is 2.82. The summed E-state index contributed by atoms with van der Waals surface area (Å²) < 4.78 is 6.31. The largest absolute Gasteiger partial charge is 0.461 e. The first-order valence-electron chi connectivity index (χ1n) is 5.83. The molecule has 1 aromatic carbocycles. The fourth-order valence-corrected chi connectivity index (χ4v) is 2.39. The van der Waals surface area contributed by atoms with E-state index in [1.165, 1.54) is 0 Å². The molecule has 0 heterocycles. The third-order valence-corrected chi connectivity index (χ3v) is 3.70. The van der Waals surface area contributed by atoms with Gasteiger partial charge in [0, 0.05) is 10.5 Å². The molecule has 0 amide bonds. The van der Waals surface area contributed by atoms with Crippen LogP contribution in [0, 0.1) is 5.92 Å². The molecule has 1 aromatic rings. The summed E-state index contributed by atoms with van der Waals surface area (Å²) in [6, 6.07) is 7.72. The molecule has 0 aliphatic heterocycles. The van der Waals surface area contributed by atoms with Crippen LogP contribution in [0.15, 0.2) is 28.7 Å². The van der Waals surface area contributed by atoms with Crippen molar-refractivity contribution in [2.75, 3.05) is 0 Å². The van der Waals surface area contributed by atoms with E-state index >= 15 is 0 Å². The number of nitrogens with two attached hydrogens (primary N) is 1. The molecule has 1 aliphatic rings. The van der Waals surface area contributed by atoms with Crippen LogP contribution in [-0.2, 0) is 16.1 Å². The zero-order chi connectivity index (χ0) is 12.3. The van der Waals surface area contributed by atoms with Gasteiger partial charge in [0.05, 0.1) is 5.92 Å². The highest BCUT2D eigenvalue weighted by molar-refractivity contribution is 9.10. The molecule has 2 N–H and O–H groups in total. The number of hydrogen-bond acceptors (Lipinski definition) is 3. The van der Waals surface area contributed by atoms with E-state index in [-0.39, 0.29) is 17.9 Å². The van der Waals surface area contributed by atoms with Crippen LogP contribution in [0.3, 0.4) is 0 Å². The standard InChI is InChI=1S/C13H16BrNO2/c14-10-6-4-9(5-7-10)8-17-13(16)11-2-1-3-12(11)15/h4-7,11-12H,1-3,8,15H2. The van der Waals surface area contributed by atoms with E-state index in [2.05, 4.69) is 15.9 Å². The Labute approximate surface area is 109 Å². The van der Waals surface area contributed by atoms with Crippen LogP contribution < -0.4 is 5.73 Å². The Hall–Kier alpha value is -0.870. The number of esters is 1. The van der Waals surface area contributed by atoms with Crippen molar-refractivity contribution in [1.29, 1.82) is 0 Å². The van der Waals surface area contributed by atoms with Crippen molar-refractivity contribution < 1.29 is 9.53 Å². The molecule has 17 heavy (non-hydrogen) atoms. The number of halogens is 1. The lowest BCUT2D eigenvalue weighted by Crippen LogP contribution is -2.31. The Morgan fingerprint density at radius 2 is 2.06 bits per heavy atom. The molecule has 1 aliphatic carbocycles. The maximum atomic E-state index is 11.8. The normalized spacial score (nSPS) is 23.6. The minimum absolute atomic E-state index is 0.0209. The van der Waals surface area contributed by atoms with Crippen molar-refractivity contribution in [3.8, 4) is 0 Å². The lowest BCUT2D eigenvalue weighted by molar-refractivity contribution is -0.150. The molecule has 0 saturated heterocycles. The molecular weight excluding hydrogens is 282 g/mol. The van der Waals surface area contributed by atoms with Gasteiger partial charge in [-0.05, 0) is 30.5 Å². The van der Waals surface area contributed by atoms with Gasteiger partial charge in [0.2, 0.25) is 0 Å². The molecule has 1 saturated carbocycles. The predicted molar refractivity (Wildman–Crippen MR) is 69.3 cm³/mol. The second-order valence-electron chi connectivity index (χ2n) is 4.44. The number of ether oxygens (including phenoxy) is 1. The van der Waals surface area contributed by atoms with E-state index in [1.807, 2.05) is 24.3 Å². The Morgan fingerprint density at radius 1 is 1.35 bits per heavy atom. The maximum Gasteiger partial charge on any atom is 0.310 e. The van der Waals surface area contributed by atoms with Crippen LogP contribution >= 0.6 is 15.9 Å². The molecule has 2 rings (SSSR count). The van der Waals surface area contributed by atoms with Crippen molar-refractivity contribution in [2.45, 2.75) is 31.9 Å². The highest BCUT2D eigenvalue weighted by atomic mass is 79.9. The van der Waals surface area contributed by atoms with Crippen molar-refractivity contribution in [2.24, 2.45) is 11.7 Å². The summed E-state index contributed by atoms with van der Waals surface area (Å²) in [5, 5.41) is 0. The maximum absolute atomic E-state index is 11.8. The second-order valence-corrected chi connectivity index (χ2v) is 5.35. The van der Waals surface area contributed by atoms with Crippen molar-refractivity contribution in [3.05, 3.63) is 34.3 Å². The van der Waals surface area contributed by atoms with Gasteiger partial charge in [0.1, 0.15) is 6.61 Å². The summed E-state index contributed by atoms with van der Waals surface area (Å²) >= 11 is 3.36. The van der Waals surface area contributed by atoms with Gasteiger partial charge in [-0.2, -0.15) is 0 Å². The van der Waals surface area contributed by atoms with E-state index in [4.69, 9.17) is 10.5 Å². The highest BCUT2D eigenvalue weighted by Crippen LogP contribution is 2.25. The first kappa shape index (κ1) is 12.6. The second kappa shape index (κ2) is 5.65. The zero-order valence-electron chi connectivity index (χ0n) is 9.56. The van der Waals surface area contributed by atoms with Crippen molar-refractivity contribution >= 4 is 21.9 Å². The molecule has 3 nitrogen and oxygen atoms in total. The third kappa shape index (κ3) is 3.30. The van der Waals surface area contributed by atoms with Crippen LogP contribution in [0.25, 0.3) is 0 Å². The lowest BCUT2D eigenvalue weighted by atomic mass is 10.1. The fourth-order valence-electron chi connectivity index (χ4n) is 2.12. The Morgan fingerprint density at radius 3 is 2.65 bits per heavy atom. The molecule has 0 radical (unpaired) electrons. The van der Waals surface area contributed by atoms with E-state index in [9.17, 15) is 4.79 Å². The van der Waals surface area contributed by atoms with Crippen LogP contribution in [0.4, 0.5) is 0 Å². The van der Waals surface area contributed by atoms with Gasteiger partial charge in [0.15, 0.2) is 0 Å². The van der Waals surface area contributed by atoms with E-state index in [1.54, 1.807) is 0 Å². The van der Waals surface area contributed by atoms with E-state index < -0.39 is 0 Å². The summed E-state index contributed by atoms with van der Waals surface area (Å²) in [4.78, 5) is 11.8. The number of carbonyl (C=O) groups is 1.